The van der Waals surface area contributed by atoms with Crippen molar-refractivity contribution in [1.82, 2.24) is 4.90 Å². The van der Waals surface area contributed by atoms with Gasteiger partial charge in [0.2, 0.25) is 0 Å². The summed E-state index contributed by atoms with van der Waals surface area (Å²) in [5.74, 6) is 0. The van der Waals surface area contributed by atoms with Gasteiger partial charge in [-0.2, -0.15) is 0 Å². The van der Waals surface area contributed by atoms with Crippen molar-refractivity contribution >= 4 is 17.7 Å². The number of aliphatic hydroxyl groups excluding tert-OH is 1. The molecule has 1 N–H and O–H groups in total. The number of carbonyl (C=O) groups excluding carboxylic acids is 1. The van der Waals surface area contributed by atoms with Crippen LogP contribution >= 0.6 is 11.6 Å². The summed E-state index contributed by atoms with van der Waals surface area (Å²) in [6.07, 6.45) is -1.00. The molecule has 1 fully saturated rings. The van der Waals surface area contributed by atoms with Crippen molar-refractivity contribution in [1.29, 1.82) is 0 Å². The van der Waals surface area contributed by atoms with E-state index in [2.05, 4.69) is 0 Å². The van der Waals surface area contributed by atoms with E-state index in [9.17, 15) is 9.90 Å². The van der Waals surface area contributed by atoms with E-state index in [4.69, 9.17) is 16.3 Å². The molecule has 1 aromatic rings. The fourth-order valence-corrected chi connectivity index (χ4v) is 2.33. The zero-order chi connectivity index (χ0) is 13.1. The van der Waals surface area contributed by atoms with Gasteiger partial charge in [0.25, 0.3) is 0 Å². The van der Waals surface area contributed by atoms with Gasteiger partial charge in [0.05, 0.1) is 6.54 Å². The Labute approximate surface area is 111 Å². The molecule has 5 heteroatoms. The summed E-state index contributed by atoms with van der Waals surface area (Å²) in [5.41, 5.74) is 0.649. The Balaban J connectivity index is 2.17. The molecule has 0 aliphatic carbocycles. The van der Waals surface area contributed by atoms with Crippen LogP contribution in [0, 0.1) is 0 Å². The van der Waals surface area contributed by atoms with Gasteiger partial charge in [0.15, 0.2) is 6.10 Å². The molecule has 1 aliphatic heterocycles. The Morgan fingerprint density at radius 1 is 1.50 bits per heavy atom. The standard InChI is InChI=1S/C13H16ClNO3/c1-2-7-15-8-11(16)12(18-13(15)17)9-5-3-4-6-10(9)14/h3-6,11-12,16H,2,7-8H2,1H3. The van der Waals surface area contributed by atoms with E-state index in [-0.39, 0.29) is 6.54 Å². The summed E-state index contributed by atoms with van der Waals surface area (Å²) in [5, 5.41) is 10.6. The van der Waals surface area contributed by atoms with E-state index in [1.165, 1.54) is 4.90 Å². The highest BCUT2D eigenvalue weighted by Gasteiger charge is 2.35. The lowest BCUT2D eigenvalue weighted by atomic mass is 10.0. The summed E-state index contributed by atoms with van der Waals surface area (Å²) >= 11 is 6.05. The number of nitrogens with zero attached hydrogens (tertiary/aromatic N) is 1. The summed E-state index contributed by atoms with van der Waals surface area (Å²) in [6.45, 7) is 2.84. The second-order valence-electron chi connectivity index (χ2n) is 4.34. The van der Waals surface area contributed by atoms with Crippen molar-refractivity contribution in [3.8, 4) is 0 Å². The van der Waals surface area contributed by atoms with Gasteiger partial charge in [0, 0.05) is 17.1 Å². The maximum Gasteiger partial charge on any atom is 0.410 e. The first-order valence-corrected chi connectivity index (χ1v) is 6.39. The smallest absolute Gasteiger partial charge is 0.410 e. The maximum absolute atomic E-state index is 11.8. The molecule has 1 aliphatic rings. The molecule has 98 valence electrons. The highest BCUT2D eigenvalue weighted by Crippen LogP contribution is 2.31. The topological polar surface area (TPSA) is 49.8 Å². The Bertz CT molecular complexity index is 438. The largest absolute Gasteiger partial charge is 0.438 e. The van der Waals surface area contributed by atoms with Crippen LogP contribution in [-0.2, 0) is 4.74 Å². The number of cyclic esters (lactones) is 1. The van der Waals surface area contributed by atoms with Crippen molar-refractivity contribution in [2.75, 3.05) is 13.1 Å². The first-order valence-electron chi connectivity index (χ1n) is 6.01. The van der Waals surface area contributed by atoms with E-state index >= 15 is 0 Å². The zero-order valence-electron chi connectivity index (χ0n) is 10.2. The molecule has 0 saturated carbocycles. The number of benzene rings is 1. The molecule has 18 heavy (non-hydrogen) atoms. The maximum atomic E-state index is 11.8. The van der Waals surface area contributed by atoms with Crippen LogP contribution in [0.2, 0.25) is 5.02 Å². The van der Waals surface area contributed by atoms with Gasteiger partial charge in [-0.1, -0.05) is 36.7 Å². The van der Waals surface area contributed by atoms with E-state index in [1.54, 1.807) is 24.3 Å². The lowest BCUT2D eigenvalue weighted by Gasteiger charge is -2.35. The van der Waals surface area contributed by atoms with E-state index in [0.29, 0.717) is 17.1 Å². The predicted octanol–water partition coefficient (Wildman–Crippen LogP) is 2.60. The highest BCUT2D eigenvalue weighted by molar-refractivity contribution is 6.31. The Kier molecular flexibility index (Phi) is 4.09. The summed E-state index contributed by atoms with van der Waals surface area (Å²) in [7, 11) is 0. The van der Waals surface area contributed by atoms with Crippen LogP contribution in [-0.4, -0.2) is 35.3 Å². The summed E-state index contributed by atoms with van der Waals surface area (Å²) in [4.78, 5) is 13.3. The number of hydrogen-bond acceptors (Lipinski definition) is 3. The quantitative estimate of drug-likeness (QED) is 0.918. The molecule has 0 radical (unpaired) electrons. The molecular weight excluding hydrogens is 254 g/mol. The molecule has 0 aromatic heterocycles. The number of amides is 1. The van der Waals surface area contributed by atoms with Crippen LogP contribution in [0.25, 0.3) is 0 Å². The number of ether oxygens (including phenoxy) is 1. The van der Waals surface area contributed by atoms with Gasteiger partial charge in [-0.15, -0.1) is 0 Å². The van der Waals surface area contributed by atoms with Gasteiger partial charge < -0.3 is 14.7 Å². The molecule has 1 heterocycles. The molecule has 1 amide bonds. The van der Waals surface area contributed by atoms with Crippen LogP contribution < -0.4 is 0 Å². The van der Waals surface area contributed by atoms with Crippen LogP contribution in [0.4, 0.5) is 4.79 Å². The van der Waals surface area contributed by atoms with E-state index in [0.717, 1.165) is 6.42 Å². The van der Waals surface area contributed by atoms with Crippen LogP contribution in [0.1, 0.15) is 25.0 Å². The van der Waals surface area contributed by atoms with Crippen molar-refractivity contribution < 1.29 is 14.6 Å². The SMILES string of the molecule is CCCN1CC(O)C(c2ccccc2Cl)OC1=O. The third-order valence-electron chi connectivity index (χ3n) is 2.95. The minimum atomic E-state index is -0.755. The second kappa shape index (κ2) is 5.59. The number of carbonyl (C=O) groups is 1. The molecule has 0 bridgehead atoms. The lowest BCUT2D eigenvalue weighted by Crippen LogP contribution is -2.47. The summed E-state index contributed by atoms with van der Waals surface area (Å²) < 4.78 is 5.28. The molecular formula is C13H16ClNO3. The van der Waals surface area contributed by atoms with Crippen molar-refractivity contribution in [2.24, 2.45) is 0 Å². The van der Waals surface area contributed by atoms with Crippen LogP contribution in [0.5, 0.6) is 0 Å². The molecule has 2 atom stereocenters. The predicted molar refractivity (Wildman–Crippen MR) is 68.5 cm³/mol. The second-order valence-corrected chi connectivity index (χ2v) is 4.75. The number of hydrogen-bond donors (Lipinski definition) is 1. The van der Waals surface area contributed by atoms with Gasteiger partial charge in [0.1, 0.15) is 6.10 Å². The van der Waals surface area contributed by atoms with E-state index in [1.807, 2.05) is 6.92 Å². The number of aliphatic hydroxyl groups is 1. The minimum absolute atomic E-state index is 0.280. The highest BCUT2D eigenvalue weighted by atomic mass is 35.5. The van der Waals surface area contributed by atoms with Crippen molar-refractivity contribution in [2.45, 2.75) is 25.6 Å². The minimum Gasteiger partial charge on any atom is -0.438 e. The third kappa shape index (κ3) is 2.60. The van der Waals surface area contributed by atoms with Crippen molar-refractivity contribution in [3.63, 3.8) is 0 Å². The molecule has 0 spiro atoms. The van der Waals surface area contributed by atoms with Gasteiger partial charge in [-0.3, -0.25) is 0 Å². The number of rotatable bonds is 3. The Hall–Kier alpha value is -1.26. The first kappa shape index (κ1) is 13.2. The Morgan fingerprint density at radius 2 is 2.22 bits per heavy atom. The normalized spacial score (nSPS) is 23.9. The van der Waals surface area contributed by atoms with Gasteiger partial charge >= 0.3 is 6.09 Å². The molecule has 2 rings (SSSR count). The fourth-order valence-electron chi connectivity index (χ4n) is 2.09. The zero-order valence-corrected chi connectivity index (χ0v) is 10.9. The van der Waals surface area contributed by atoms with Gasteiger partial charge in [-0.25, -0.2) is 4.79 Å². The average molecular weight is 270 g/mol. The molecule has 2 unspecified atom stereocenters. The van der Waals surface area contributed by atoms with Crippen LogP contribution in [0.15, 0.2) is 24.3 Å². The summed E-state index contributed by atoms with van der Waals surface area (Å²) in [6, 6.07) is 7.08. The first-order chi connectivity index (χ1) is 8.63. The molecule has 1 saturated heterocycles. The molecule has 1 aromatic carbocycles. The lowest BCUT2D eigenvalue weighted by molar-refractivity contribution is -0.0600. The van der Waals surface area contributed by atoms with Crippen LogP contribution in [0.3, 0.4) is 0 Å². The average Bonchev–Trinajstić information content (AvgIpc) is 2.35. The monoisotopic (exact) mass is 269 g/mol. The number of β-amino-alcohol motifs (C(OH)–C–C–N with tert-alkyl or cyclic N) is 1. The molecule has 4 nitrogen and oxygen atoms in total. The number of halogens is 1. The fraction of sp³-hybridized carbons (Fsp3) is 0.462. The van der Waals surface area contributed by atoms with Gasteiger partial charge in [-0.05, 0) is 12.5 Å². The Morgan fingerprint density at radius 3 is 2.89 bits per heavy atom. The van der Waals surface area contributed by atoms with E-state index < -0.39 is 18.3 Å². The third-order valence-corrected chi connectivity index (χ3v) is 3.29. The van der Waals surface area contributed by atoms with Crippen molar-refractivity contribution in [3.05, 3.63) is 34.9 Å².